The van der Waals surface area contributed by atoms with Crippen LogP contribution in [0.3, 0.4) is 0 Å². The van der Waals surface area contributed by atoms with Crippen LogP contribution in [0, 0.1) is 11.8 Å². The summed E-state index contributed by atoms with van der Waals surface area (Å²) in [6.07, 6.45) is 1.75. The molecule has 0 heterocycles. The number of amides is 1. The number of hydrogen-bond donors (Lipinski definition) is 3. The minimum atomic E-state index is -3.83. The molecule has 0 unspecified atom stereocenters. The standard InChI is InChI=1S/C14H18N2O4S/c1-3-4-5-6-12-7-9-13(10-8-12)21(19,20)16-11(2)14(17)15-18/h7-11,16,18H,3-4H2,1-2H3,(H,15,17)/t11-/m1/s1. The number of carbonyl (C=O) groups excluding carboxylic acids is 1. The molecular weight excluding hydrogens is 292 g/mol. The number of hydrogen-bond acceptors (Lipinski definition) is 4. The number of sulfonamides is 1. The molecule has 1 rings (SSSR count). The maximum absolute atomic E-state index is 12.0. The summed E-state index contributed by atoms with van der Waals surface area (Å²) in [5, 5.41) is 8.46. The molecule has 0 bridgehead atoms. The van der Waals surface area contributed by atoms with E-state index in [-0.39, 0.29) is 4.90 Å². The van der Waals surface area contributed by atoms with E-state index in [4.69, 9.17) is 5.21 Å². The Bertz CT molecular complexity index is 642. The third-order valence-corrected chi connectivity index (χ3v) is 4.16. The van der Waals surface area contributed by atoms with Crippen molar-refractivity contribution in [3.05, 3.63) is 29.8 Å². The van der Waals surface area contributed by atoms with Crippen molar-refractivity contribution in [1.29, 1.82) is 0 Å². The van der Waals surface area contributed by atoms with Crippen molar-refractivity contribution in [2.24, 2.45) is 0 Å². The van der Waals surface area contributed by atoms with Crippen LogP contribution in [0.25, 0.3) is 0 Å². The molecule has 1 aromatic rings. The molecule has 21 heavy (non-hydrogen) atoms. The highest BCUT2D eigenvalue weighted by molar-refractivity contribution is 7.89. The van der Waals surface area contributed by atoms with Gasteiger partial charge in [0, 0.05) is 12.0 Å². The van der Waals surface area contributed by atoms with Crippen LogP contribution in [0.1, 0.15) is 32.3 Å². The van der Waals surface area contributed by atoms with E-state index in [2.05, 4.69) is 16.6 Å². The Morgan fingerprint density at radius 1 is 1.33 bits per heavy atom. The van der Waals surface area contributed by atoms with Gasteiger partial charge in [-0.05, 0) is 37.6 Å². The Kier molecular flexibility index (Phi) is 6.37. The number of unbranched alkanes of at least 4 members (excludes halogenated alkanes) is 1. The van der Waals surface area contributed by atoms with Gasteiger partial charge in [-0.2, -0.15) is 4.72 Å². The zero-order valence-corrected chi connectivity index (χ0v) is 12.7. The van der Waals surface area contributed by atoms with Crippen LogP contribution in [0.15, 0.2) is 29.2 Å². The quantitative estimate of drug-likeness (QED) is 0.430. The molecule has 0 fully saturated rings. The Balaban J connectivity index is 2.86. The van der Waals surface area contributed by atoms with Crippen molar-refractivity contribution in [2.45, 2.75) is 37.6 Å². The Morgan fingerprint density at radius 3 is 2.48 bits per heavy atom. The molecule has 1 aromatic carbocycles. The lowest BCUT2D eigenvalue weighted by Gasteiger charge is -2.12. The lowest BCUT2D eigenvalue weighted by atomic mass is 10.2. The second-order valence-corrected chi connectivity index (χ2v) is 6.11. The van der Waals surface area contributed by atoms with Gasteiger partial charge in [0.1, 0.15) is 6.04 Å². The van der Waals surface area contributed by atoms with Crippen LogP contribution in [0.5, 0.6) is 0 Å². The monoisotopic (exact) mass is 310 g/mol. The average molecular weight is 310 g/mol. The van der Waals surface area contributed by atoms with Gasteiger partial charge in [0.05, 0.1) is 4.90 Å². The molecule has 0 saturated carbocycles. The maximum Gasteiger partial charge on any atom is 0.261 e. The van der Waals surface area contributed by atoms with E-state index in [1.807, 2.05) is 6.92 Å². The van der Waals surface area contributed by atoms with Crippen molar-refractivity contribution in [1.82, 2.24) is 10.2 Å². The van der Waals surface area contributed by atoms with Crippen LogP contribution >= 0.6 is 0 Å². The Labute approximate surface area is 124 Å². The van der Waals surface area contributed by atoms with Crippen molar-refractivity contribution in [3.8, 4) is 11.8 Å². The Morgan fingerprint density at radius 2 is 1.95 bits per heavy atom. The van der Waals surface area contributed by atoms with Crippen LogP contribution in [-0.2, 0) is 14.8 Å². The molecule has 0 saturated heterocycles. The zero-order chi connectivity index (χ0) is 15.9. The summed E-state index contributed by atoms with van der Waals surface area (Å²) in [5.41, 5.74) is 2.12. The lowest BCUT2D eigenvalue weighted by Crippen LogP contribution is -2.43. The van der Waals surface area contributed by atoms with E-state index in [0.29, 0.717) is 0 Å². The minimum Gasteiger partial charge on any atom is -0.289 e. The van der Waals surface area contributed by atoms with Crippen LogP contribution in [0.4, 0.5) is 0 Å². The summed E-state index contributed by atoms with van der Waals surface area (Å²) in [6, 6.07) is 4.97. The second-order valence-electron chi connectivity index (χ2n) is 4.40. The van der Waals surface area contributed by atoms with Crippen LogP contribution in [0.2, 0.25) is 0 Å². The van der Waals surface area contributed by atoms with Gasteiger partial charge in [0.25, 0.3) is 5.91 Å². The fourth-order valence-electron chi connectivity index (χ4n) is 1.46. The summed E-state index contributed by atoms with van der Waals surface area (Å²) in [6.45, 7) is 3.35. The largest absolute Gasteiger partial charge is 0.289 e. The molecule has 114 valence electrons. The molecule has 0 aromatic heterocycles. The number of rotatable bonds is 5. The van der Waals surface area contributed by atoms with Gasteiger partial charge in [-0.25, -0.2) is 13.9 Å². The molecule has 6 nitrogen and oxygen atoms in total. The molecule has 1 amide bonds. The first-order valence-electron chi connectivity index (χ1n) is 6.46. The average Bonchev–Trinajstić information content (AvgIpc) is 2.46. The molecular formula is C14H18N2O4S. The first kappa shape index (κ1) is 17.2. The molecule has 0 spiro atoms. The summed E-state index contributed by atoms with van der Waals surface area (Å²) in [5.74, 6) is 5.07. The number of nitrogens with one attached hydrogen (secondary N) is 2. The number of benzene rings is 1. The summed E-state index contributed by atoms with van der Waals surface area (Å²) in [7, 11) is -3.83. The van der Waals surface area contributed by atoms with E-state index in [1.165, 1.54) is 24.5 Å². The van der Waals surface area contributed by atoms with Crippen LogP contribution in [-0.4, -0.2) is 25.6 Å². The van der Waals surface area contributed by atoms with E-state index >= 15 is 0 Å². The molecule has 0 aliphatic carbocycles. The molecule has 0 aliphatic rings. The predicted molar refractivity (Wildman–Crippen MR) is 77.9 cm³/mol. The molecule has 3 N–H and O–H groups in total. The van der Waals surface area contributed by atoms with Crippen LogP contribution < -0.4 is 10.2 Å². The van der Waals surface area contributed by atoms with Crippen molar-refractivity contribution in [2.75, 3.05) is 0 Å². The van der Waals surface area contributed by atoms with Gasteiger partial charge in [-0.3, -0.25) is 10.0 Å². The smallest absolute Gasteiger partial charge is 0.261 e. The van der Waals surface area contributed by atoms with E-state index in [9.17, 15) is 13.2 Å². The van der Waals surface area contributed by atoms with Gasteiger partial charge in [-0.15, -0.1) is 0 Å². The SMILES string of the molecule is CCCC#Cc1ccc(S(=O)(=O)N[C@H](C)C(=O)NO)cc1. The van der Waals surface area contributed by atoms with E-state index < -0.39 is 22.0 Å². The highest BCUT2D eigenvalue weighted by Crippen LogP contribution is 2.10. The molecule has 0 aliphatic heterocycles. The Hall–Kier alpha value is -1.88. The summed E-state index contributed by atoms with van der Waals surface area (Å²) in [4.78, 5) is 11.1. The van der Waals surface area contributed by atoms with Crippen molar-refractivity contribution in [3.63, 3.8) is 0 Å². The molecule has 7 heteroatoms. The third-order valence-electron chi connectivity index (χ3n) is 2.61. The minimum absolute atomic E-state index is 0.0288. The predicted octanol–water partition coefficient (Wildman–Crippen LogP) is 1.01. The fourth-order valence-corrected chi connectivity index (χ4v) is 2.66. The number of hydroxylamine groups is 1. The molecule has 0 radical (unpaired) electrons. The van der Waals surface area contributed by atoms with Gasteiger partial charge < -0.3 is 0 Å². The van der Waals surface area contributed by atoms with E-state index in [1.54, 1.807) is 12.1 Å². The number of carbonyl (C=O) groups is 1. The topological polar surface area (TPSA) is 95.5 Å². The fraction of sp³-hybridized carbons (Fsp3) is 0.357. The highest BCUT2D eigenvalue weighted by atomic mass is 32.2. The van der Waals surface area contributed by atoms with Gasteiger partial charge in [-0.1, -0.05) is 18.8 Å². The first-order chi connectivity index (χ1) is 9.90. The van der Waals surface area contributed by atoms with Crippen molar-refractivity contribution >= 4 is 15.9 Å². The normalized spacial score (nSPS) is 12.1. The summed E-state index contributed by atoms with van der Waals surface area (Å²) < 4.78 is 26.2. The highest BCUT2D eigenvalue weighted by Gasteiger charge is 2.21. The second kappa shape index (κ2) is 7.78. The van der Waals surface area contributed by atoms with Gasteiger partial charge in [0.2, 0.25) is 10.0 Å². The van der Waals surface area contributed by atoms with Gasteiger partial charge >= 0.3 is 0 Å². The van der Waals surface area contributed by atoms with E-state index in [0.717, 1.165) is 18.4 Å². The zero-order valence-electron chi connectivity index (χ0n) is 11.9. The van der Waals surface area contributed by atoms with Gasteiger partial charge in [0.15, 0.2) is 0 Å². The maximum atomic E-state index is 12.0. The molecule has 1 atom stereocenters. The first-order valence-corrected chi connectivity index (χ1v) is 7.94. The van der Waals surface area contributed by atoms with Crippen molar-refractivity contribution < 1.29 is 18.4 Å². The third kappa shape index (κ3) is 5.19. The lowest BCUT2D eigenvalue weighted by molar-refractivity contribution is -0.130. The summed E-state index contributed by atoms with van der Waals surface area (Å²) >= 11 is 0.